The Morgan fingerprint density at radius 1 is 1.25 bits per heavy atom. The maximum atomic E-state index is 13.3. The van der Waals surface area contributed by atoms with E-state index in [2.05, 4.69) is 11.9 Å². The highest BCUT2D eigenvalue weighted by atomic mass is 127. The third-order valence-corrected chi connectivity index (χ3v) is 7.57. The number of fused-ring (bicyclic) bond motifs is 3. The van der Waals surface area contributed by atoms with Gasteiger partial charge in [0.15, 0.2) is 11.7 Å². The van der Waals surface area contributed by atoms with Crippen LogP contribution in [0, 0.1) is 5.92 Å². The van der Waals surface area contributed by atoms with Crippen LogP contribution in [0.5, 0.6) is 0 Å². The SMILES string of the molecule is C[N+]12CCC(CC1)C(OC(=O)C(O)(CN1CCSCC1)c1ccccc1)C2.[I-]. The van der Waals surface area contributed by atoms with Gasteiger partial charge in [-0.25, -0.2) is 4.79 Å². The van der Waals surface area contributed by atoms with Crippen LogP contribution in [0.4, 0.5) is 0 Å². The van der Waals surface area contributed by atoms with Crippen LogP contribution in [0.3, 0.4) is 0 Å². The summed E-state index contributed by atoms with van der Waals surface area (Å²) in [6.45, 7) is 5.32. The molecule has 4 saturated heterocycles. The number of piperidine rings is 3. The van der Waals surface area contributed by atoms with Crippen molar-refractivity contribution in [3.8, 4) is 0 Å². The predicted octanol–water partition coefficient (Wildman–Crippen LogP) is -1.29. The Kier molecular flexibility index (Phi) is 7.34. The first kappa shape index (κ1) is 22.3. The number of aliphatic hydroxyl groups is 1. The number of rotatable bonds is 5. The van der Waals surface area contributed by atoms with Gasteiger partial charge in [0.1, 0.15) is 6.54 Å². The van der Waals surface area contributed by atoms with Gasteiger partial charge in [0.25, 0.3) is 0 Å². The van der Waals surface area contributed by atoms with Gasteiger partial charge in [-0.3, -0.25) is 4.90 Å². The number of β-amino-alcohol motifs (C(OH)–C–C–N with tert-alkyl or cyclic N) is 1. The molecule has 156 valence electrons. The summed E-state index contributed by atoms with van der Waals surface area (Å²) in [6.07, 6.45) is 2.15. The van der Waals surface area contributed by atoms with Crippen molar-refractivity contribution < 1.29 is 43.1 Å². The topological polar surface area (TPSA) is 49.8 Å². The van der Waals surface area contributed by atoms with Gasteiger partial charge in [0.05, 0.1) is 20.1 Å². The van der Waals surface area contributed by atoms with Crippen LogP contribution in [0.25, 0.3) is 0 Å². The Hall–Kier alpha value is -0.350. The number of thioether (sulfide) groups is 1. The third-order valence-electron chi connectivity index (χ3n) is 6.63. The van der Waals surface area contributed by atoms with E-state index in [4.69, 9.17) is 4.74 Å². The van der Waals surface area contributed by atoms with Crippen LogP contribution in [-0.2, 0) is 15.1 Å². The first-order valence-corrected chi connectivity index (χ1v) is 11.3. The van der Waals surface area contributed by atoms with Gasteiger partial charge in [0, 0.05) is 49.9 Å². The molecule has 5 nitrogen and oxygen atoms in total. The van der Waals surface area contributed by atoms with Crippen LogP contribution in [0.1, 0.15) is 18.4 Å². The molecule has 5 rings (SSSR count). The van der Waals surface area contributed by atoms with E-state index >= 15 is 0 Å². The molecule has 1 N–H and O–H groups in total. The maximum absolute atomic E-state index is 13.3. The molecule has 1 aromatic rings. The molecule has 2 bridgehead atoms. The Bertz CT molecular complexity index is 663. The predicted molar refractivity (Wildman–Crippen MR) is 107 cm³/mol. The minimum absolute atomic E-state index is 0. The van der Waals surface area contributed by atoms with Gasteiger partial charge in [-0.1, -0.05) is 30.3 Å². The van der Waals surface area contributed by atoms with Crippen LogP contribution < -0.4 is 24.0 Å². The fraction of sp³-hybridized carbons (Fsp3) is 0.667. The van der Waals surface area contributed by atoms with E-state index in [9.17, 15) is 9.90 Å². The van der Waals surface area contributed by atoms with Crippen molar-refractivity contribution >= 4 is 17.7 Å². The average molecular weight is 518 g/mol. The van der Waals surface area contributed by atoms with Gasteiger partial charge in [0.2, 0.25) is 0 Å². The monoisotopic (exact) mass is 518 g/mol. The molecule has 4 heterocycles. The summed E-state index contributed by atoms with van der Waals surface area (Å²) >= 11 is 1.92. The van der Waals surface area contributed by atoms with Crippen LogP contribution in [-0.4, -0.2) is 84.4 Å². The van der Waals surface area contributed by atoms with Gasteiger partial charge < -0.3 is 38.3 Å². The number of esters is 1. The summed E-state index contributed by atoms with van der Waals surface area (Å²) < 4.78 is 7.00. The van der Waals surface area contributed by atoms with E-state index in [0.717, 1.165) is 48.5 Å². The lowest BCUT2D eigenvalue weighted by molar-refractivity contribution is -0.928. The van der Waals surface area contributed by atoms with Crippen molar-refractivity contribution in [3.63, 3.8) is 0 Å². The smallest absolute Gasteiger partial charge is 0.344 e. The number of hydrogen-bond acceptors (Lipinski definition) is 5. The van der Waals surface area contributed by atoms with E-state index in [1.54, 1.807) is 0 Å². The van der Waals surface area contributed by atoms with Gasteiger partial charge in [-0.15, -0.1) is 0 Å². The molecule has 4 aliphatic heterocycles. The zero-order valence-electron chi connectivity index (χ0n) is 16.6. The number of hydrogen-bond donors (Lipinski definition) is 1. The van der Waals surface area contributed by atoms with Crippen molar-refractivity contribution in [3.05, 3.63) is 35.9 Å². The second kappa shape index (κ2) is 9.20. The molecular formula is C21H31IN2O3S. The number of quaternary nitrogens is 1. The fourth-order valence-corrected chi connectivity index (χ4v) is 5.77. The summed E-state index contributed by atoms with van der Waals surface area (Å²) in [7, 11) is 2.25. The van der Waals surface area contributed by atoms with Crippen LogP contribution in [0.15, 0.2) is 30.3 Å². The quantitative estimate of drug-likeness (QED) is 0.299. The average Bonchev–Trinajstić information content (AvgIpc) is 2.69. The lowest BCUT2D eigenvalue weighted by Crippen LogP contribution is -3.00. The summed E-state index contributed by atoms with van der Waals surface area (Å²) in [5.41, 5.74) is -0.969. The van der Waals surface area contributed by atoms with Crippen molar-refractivity contribution in [1.29, 1.82) is 0 Å². The molecule has 0 aliphatic carbocycles. The number of carbonyl (C=O) groups excluding carboxylic acids is 1. The first-order valence-electron chi connectivity index (χ1n) is 10.1. The molecule has 2 unspecified atom stereocenters. The number of ether oxygens (including phenoxy) is 1. The standard InChI is InChI=1S/C21H31N2O3S.HI/c1-23-11-7-17(8-12-23)19(15-23)26-20(24)21(25,18-5-3-2-4-6-18)16-22-9-13-27-14-10-22;/h2-6,17,19,25H,7-16H2,1H3;1H/q+1;/p-1. The van der Waals surface area contributed by atoms with E-state index in [1.165, 1.54) is 13.1 Å². The molecule has 0 aromatic heterocycles. The van der Waals surface area contributed by atoms with Gasteiger partial charge in [-0.05, 0) is 5.56 Å². The number of halogens is 1. The van der Waals surface area contributed by atoms with E-state index < -0.39 is 11.6 Å². The molecule has 4 aliphatic rings. The van der Waals surface area contributed by atoms with Crippen LogP contribution >= 0.6 is 11.8 Å². The highest BCUT2D eigenvalue weighted by molar-refractivity contribution is 7.99. The van der Waals surface area contributed by atoms with E-state index in [0.29, 0.717) is 18.0 Å². The van der Waals surface area contributed by atoms with E-state index in [-0.39, 0.29) is 30.1 Å². The Morgan fingerprint density at radius 3 is 2.50 bits per heavy atom. The van der Waals surface area contributed by atoms with Gasteiger partial charge >= 0.3 is 5.97 Å². The number of benzene rings is 1. The Morgan fingerprint density at radius 2 is 1.89 bits per heavy atom. The summed E-state index contributed by atoms with van der Waals surface area (Å²) in [5.74, 6) is 2.05. The normalized spacial score (nSPS) is 32.2. The molecular weight excluding hydrogens is 487 g/mol. The lowest BCUT2D eigenvalue weighted by atomic mass is 9.83. The molecule has 0 amide bonds. The molecule has 4 fully saturated rings. The van der Waals surface area contributed by atoms with Crippen LogP contribution in [0.2, 0.25) is 0 Å². The van der Waals surface area contributed by atoms with Crippen molar-refractivity contribution in [1.82, 2.24) is 4.90 Å². The number of likely N-dealkylation sites (N-methyl/N-ethyl adjacent to an activating group) is 1. The molecule has 2 atom stereocenters. The molecule has 1 aromatic carbocycles. The molecule has 7 heteroatoms. The van der Waals surface area contributed by atoms with Gasteiger partial charge in [-0.2, -0.15) is 11.8 Å². The van der Waals surface area contributed by atoms with Crippen molar-refractivity contribution in [2.45, 2.75) is 24.5 Å². The summed E-state index contributed by atoms with van der Waals surface area (Å²) in [5, 5.41) is 11.5. The van der Waals surface area contributed by atoms with E-state index in [1.807, 2.05) is 42.1 Å². The molecule has 0 spiro atoms. The Labute approximate surface area is 189 Å². The second-order valence-electron chi connectivity index (χ2n) is 8.65. The number of nitrogens with zero attached hydrogens (tertiary/aromatic N) is 2. The summed E-state index contributed by atoms with van der Waals surface area (Å²) in [6, 6.07) is 9.33. The third kappa shape index (κ3) is 4.69. The Balaban J connectivity index is 0.00000225. The largest absolute Gasteiger partial charge is 1.00 e. The van der Waals surface area contributed by atoms with Crippen molar-refractivity contribution in [2.75, 3.05) is 57.8 Å². The fourth-order valence-electron chi connectivity index (χ4n) is 4.79. The summed E-state index contributed by atoms with van der Waals surface area (Å²) in [4.78, 5) is 15.5. The number of carbonyl (C=O) groups is 1. The maximum Gasteiger partial charge on any atom is 0.344 e. The van der Waals surface area contributed by atoms with Crippen molar-refractivity contribution in [2.24, 2.45) is 5.92 Å². The second-order valence-corrected chi connectivity index (χ2v) is 9.87. The molecule has 0 saturated carbocycles. The zero-order valence-corrected chi connectivity index (χ0v) is 19.5. The minimum atomic E-state index is -1.60. The molecule has 0 radical (unpaired) electrons. The lowest BCUT2D eigenvalue weighted by Gasteiger charge is -2.50. The highest BCUT2D eigenvalue weighted by Gasteiger charge is 2.49. The zero-order chi connectivity index (χ0) is 18.9. The minimum Gasteiger partial charge on any atom is -1.00 e. The first-order chi connectivity index (χ1) is 13.0. The molecule has 28 heavy (non-hydrogen) atoms. The highest BCUT2D eigenvalue weighted by Crippen LogP contribution is 2.35.